The van der Waals surface area contributed by atoms with Crippen LogP contribution in [0.15, 0.2) is 30.3 Å². The van der Waals surface area contributed by atoms with Gasteiger partial charge in [-0.2, -0.15) is 0 Å². The molecule has 1 aromatic heterocycles. The van der Waals surface area contributed by atoms with Crippen molar-refractivity contribution in [3.05, 3.63) is 36.1 Å². The zero-order valence-electron chi connectivity index (χ0n) is 12.3. The van der Waals surface area contributed by atoms with Gasteiger partial charge < -0.3 is 14.2 Å². The van der Waals surface area contributed by atoms with E-state index in [-0.39, 0.29) is 5.82 Å². The van der Waals surface area contributed by atoms with Gasteiger partial charge in [-0.25, -0.2) is 9.37 Å². The summed E-state index contributed by atoms with van der Waals surface area (Å²) in [5.41, 5.74) is 1.40. The molecule has 4 nitrogen and oxygen atoms in total. The smallest absolute Gasteiger partial charge is 0.204 e. The SMILES string of the molecule is COc1ccc(-c2nc3cc(F)ccc3s2)c(OC)c1OC. The second-order valence-electron chi connectivity index (χ2n) is 4.51. The predicted molar refractivity (Wildman–Crippen MR) is 84.7 cm³/mol. The Hall–Kier alpha value is -2.34. The normalized spacial score (nSPS) is 10.7. The molecule has 22 heavy (non-hydrogen) atoms. The highest BCUT2D eigenvalue weighted by molar-refractivity contribution is 7.21. The van der Waals surface area contributed by atoms with E-state index >= 15 is 0 Å². The Bertz CT molecular complexity index is 832. The molecule has 2 aromatic carbocycles. The van der Waals surface area contributed by atoms with Gasteiger partial charge in [0.25, 0.3) is 0 Å². The van der Waals surface area contributed by atoms with Crippen LogP contribution in [0.1, 0.15) is 0 Å². The fourth-order valence-corrected chi connectivity index (χ4v) is 3.25. The number of methoxy groups -OCH3 is 3. The van der Waals surface area contributed by atoms with Gasteiger partial charge in [0, 0.05) is 6.07 Å². The van der Waals surface area contributed by atoms with Crippen molar-refractivity contribution in [1.29, 1.82) is 0 Å². The first-order chi connectivity index (χ1) is 10.7. The van der Waals surface area contributed by atoms with Gasteiger partial charge in [0.1, 0.15) is 10.8 Å². The van der Waals surface area contributed by atoms with Crippen molar-refractivity contribution in [3.8, 4) is 27.8 Å². The lowest BCUT2D eigenvalue weighted by Gasteiger charge is -2.14. The van der Waals surface area contributed by atoms with Crippen molar-refractivity contribution < 1.29 is 18.6 Å². The molecular formula is C16H14FNO3S. The summed E-state index contributed by atoms with van der Waals surface area (Å²) < 4.78 is 30.3. The topological polar surface area (TPSA) is 40.6 Å². The lowest BCUT2D eigenvalue weighted by atomic mass is 10.1. The second-order valence-corrected chi connectivity index (χ2v) is 5.54. The minimum Gasteiger partial charge on any atom is -0.493 e. The minimum atomic E-state index is -0.302. The number of hydrogen-bond donors (Lipinski definition) is 0. The largest absolute Gasteiger partial charge is 0.493 e. The van der Waals surface area contributed by atoms with Gasteiger partial charge in [-0.15, -0.1) is 11.3 Å². The zero-order valence-corrected chi connectivity index (χ0v) is 13.2. The van der Waals surface area contributed by atoms with Crippen molar-refractivity contribution in [2.45, 2.75) is 0 Å². The molecule has 3 aromatic rings. The summed E-state index contributed by atoms with van der Waals surface area (Å²) in [5.74, 6) is 1.33. The molecule has 0 fully saturated rings. The molecule has 114 valence electrons. The highest BCUT2D eigenvalue weighted by Gasteiger charge is 2.19. The number of benzene rings is 2. The van der Waals surface area contributed by atoms with Crippen molar-refractivity contribution in [3.63, 3.8) is 0 Å². The minimum absolute atomic E-state index is 0.302. The lowest BCUT2D eigenvalue weighted by molar-refractivity contribution is 0.325. The maximum absolute atomic E-state index is 13.3. The summed E-state index contributed by atoms with van der Waals surface area (Å²) in [7, 11) is 4.68. The second kappa shape index (κ2) is 5.81. The number of fused-ring (bicyclic) bond motifs is 1. The van der Waals surface area contributed by atoms with Crippen molar-refractivity contribution >= 4 is 21.6 Å². The maximum Gasteiger partial charge on any atom is 0.204 e. The van der Waals surface area contributed by atoms with Crippen LogP contribution in [-0.4, -0.2) is 26.3 Å². The van der Waals surface area contributed by atoms with Gasteiger partial charge >= 0.3 is 0 Å². The van der Waals surface area contributed by atoms with E-state index in [1.54, 1.807) is 33.5 Å². The van der Waals surface area contributed by atoms with Crippen LogP contribution in [0.25, 0.3) is 20.8 Å². The van der Waals surface area contributed by atoms with Crippen molar-refractivity contribution in [1.82, 2.24) is 4.98 Å². The van der Waals surface area contributed by atoms with Gasteiger partial charge in [-0.3, -0.25) is 0 Å². The molecule has 0 atom stereocenters. The molecule has 0 spiro atoms. The number of hydrogen-bond acceptors (Lipinski definition) is 5. The fourth-order valence-electron chi connectivity index (χ4n) is 2.29. The molecule has 0 bridgehead atoms. The Morgan fingerprint density at radius 2 is 1.73 bits per heavy atom. The number of ether oxygens (including phenoxy) is 3. The van der Waals surface area contributed by atoms with Gasteiger partial charge in [0.2, 0.25) is 5.75 Å². The third-order valence-electron chi connectivity index (χ3n) is 3.28. The van der Waals surface area contributed by atoms with E-state index in [1.165, 1.54) is 23.5 Å². The Balaban J connectivity index is 2.21. The van der Waals surface area contributed by atoms with Crippen LogP contribution in [0.5, 0.6) is 17.2 Å². The molecule has 1 heterocycles. The number of nitrogens with zero attached hydrogens (tertiary/aromatic N) is 1. The molecule has 3 rings (SSSR count). The Labute approximate surface area is 131 Å². The molecule has 0 saturated carbocycles. The van der Waals surface area contributed by atoms with E-state index in [2.05, 4.69) is 4.98 Å². The summed E-state index contributed by atoms with van der Waals surface area (Å²) in [4.78, 5) is 4.49. The summed E-state index contributed by atoms with van der Waals surface area (Å²) in [6, 6.07) is 8.22. The fraction of sp³-hybridized carbons (Fsp3) is 0.188. The first-order valence-electron chi connectivity index (χ1n) is 6.53. The molecule has 0 amide bonds. The summed E-state index contributed by atoms with van der Waals surface area (Å²) in [6.45, 7) is 0. The van der Waals surface area contributed by atoms with Crippen LogP contribution in [0.3, 0.4) is 0 Å². The molecule has 0 aliphatic carbocycles. The first kappa shape index (κ1) is 14.6. The number of thiazole rings is 1. The number of aromatic nitrogens is 1. The third kappa shape index (κ3) is 2.35. The molecule has 0 aliphatic rings. The molecular weight excluding hydrogens is 305 g/mol. The average Bonchev–Trinajstić information content (AvgIpc) is 2.95. The quantitative estimate of drug-likeness (QED) is 0.725. The molecule has 0 radical (unpaired) electrons. The standard InChI is InChI=1S/C16H14FNO3S/c1-19-12-6-5-10(14(20-2)15(12)21-3)16-18-11-8-9(17)4-7-13(11)22-16/h4-8H,1-3H3. The van der Waals surface area contributed by atoms with Crippen molar-refractivity contribution in [2.75, 3.05) is 21.3 Å². The Morgan fingerprint density at radius 3 is 2.41 bits per heavy atom. The molecule has 0 unspecified atom stereocenters. The van der Waals surface area contributed by atoms with Crippen LogP contribution in [0.4, 0.5) is 4.39 Å². The predicted octanol–water partition coefficient (Wildman–Crippen LogP) is 4.13. The Kier molecular flexibility index (Phi) is 3.85. The Morgan fingerprint density at radius 1 is 0.955 bits per heavy atom. The summed E-state index contributed by atoms with van der Waals surface area (Å²) >= 11 is 1.47. The van der Waals surface area contributed by atoms with Gasteiger partial charge in [-0.1, -0.05) is 0 Å². The van der Waals surface area contributed by atoms with Gasteiger partial charge in [0.15, 0.2) is 11.5 Å². The lowest BCUT2D eigenvalue weighted by Crippen LogP contribution is -1.96. The highest BCUT2D eigenvalue weighted by atomic mass is 32.1. The van der Waals surface area contributed by atoms with E-state index in [1.807, 2.05) is 6.07 Å². The summed E-state index contributed by atoms with van der Waals surface area (Å²) in [6.07, 6.45) is 0. The van der Waals surface area contributed by atoms with Crippen LogP contribution in [0, 0.1) is 5.82 Å². The monoisotopic (exact) mass is 319 g/mol. The number of halogens is 1. The van der Waals surface area contributed by atoms with E-state index in [0.717, 1.165) is 15.3 Å². The third-order valence-corrected chi connectivity index (χ3v) is 4.35. The highest BCUT2D eigenvalue weighted by Crippen LogP contribution is 2.45. The van der Waals surface area contributed by atoms with Crippen molar-refractivity contribution in [2.24, 2.45) is 0 Å². The summed E-state index contributed by atoms with van der Waals surface area (Å²) in [5, 5.41) is 0.735. The maximum atomic E-state index is 13.3. The van der Waals surface area contributed by atoms with Crippen LogP contribution in [-0.2, 0) is 0 Å². The molecule has 0 N–H and O–H groups in total. The molecule has 0 aliphatic heterocycles. The van der Waals surface area contributed by atoms with E-state index < -0.39 is 0 Å². The van der Waals surface area contributed by atoms with E-state index in [9.17, 15) is 4.39 Å². The van der Waals surface area contributed by atoms with Crippen LogP contribution in [0.2, 0.25) is 0 Å². The molecule has 6 heteroatoms. The van der Waals surface area contributed by atoms with Gasteiger partial charge in [0.05, 0.1) is 37.1 Å². The first-order valence-corrected chi connectivity index (χ1v) is 7.35. The number of rotatable bonds is 4. The van der Waals surface area contributed by atoms with Crippen LogP contribution >= 0.6 is 11.3 Å². The molecule has 0 saturated heterocycles. The van der Waals surface area contributed by atoms with E-state index in [4.69, 9.17) is 14.2 Å². The average molecular weight is 319 g/mol. The zero-order chi connectivity index (χ0) is 15.7. The van der Waals surface area contributed by atoms with E-state index in [0.29, 0.717) is 22.8 Å². The van der Waals surface area contributed by atoms with Crippen LogP contribution < -0.4 is 14.2 Å². The van der Waals surface area contributed by atoms with Gasteiger partial charge in [-0.05, 0) is 24.3 Å².